The number of benzene rings is 2. The van der Waals surface area contributed by atoms with Crippen molar-refractivity contribution in [3.05, 3.63) is 58.9 Å². The summed E-state index contributed by atoms with van der Waals surface area (Å²) < 4.78 is 19.3. The van der Waals surface area contributed by atoms with Crippen molar-refractivity contribution in [1.82, 2.24) is 10.2 Å². The number of carbonyl (C=O) groups excluding carboxylic acids is 1. The van der Waals surface area contributed by atoms with E-state index in [0.29, 0.717) is 18.3 Å². The first kappa shape index (κ1) is 24.5. The van der Waals surface area contributed by atoms with Gasteiger partial charge in [-0.05, 0) is 62.7 Å². The minimum Gasteiger partial charge on any atom is -0.488 e. The molecule has 0 aromatic heterocycles. The summed E-state index contributed by atoms with van der Waals surface area (Å²) in [4.78, 5) is 13.8. The lowest BCUT2D eigenvalue weighted by molar-refractivity contribution is -0.114. The smallest absolute Gasteiger partial charge is 0.221 e. The monoisotopic (exact) mass is 463 g/mol. The van der Waals surface area contributed by atoms with Crippen molar-refractivity contribution in [2.45, 2.75) is 44.9 Å². The SMILES string of the molecule is CC(=O)Nc1ccc(F)cc1OC[C@@](C)(O)CNC1CCN(Cc2ccc(Cl)cc2)CC1. The summed E-state index contributed by atoms with van der Waals surface area (Å²) >= 11 is 5.95. The fraction of sp³-hybridized carbons (Fsp3) is 0.458. The third-order valence-electron chi connectivity index (χ3n) is 5.47. The molecule has 1 aliphatic heterocycles. The molecule has 1 saturated heterocycles. The highest BCUT2D eigenvalue weighted by Crippen LogP contribution is 2.26. The second-order valence-electron chi connectivity index (χ2n) is 8.67. The molecule has 3 N–H and O–H groups in total. The normalized spacial score (nSPS) is 17.0. The van der Waals surface area contributed by atoms with Gasteiger partial charge in [-0.2, -0.15) is 0 Å². The molecule has 0 radical (unpaired) electrons. The number of piperidine rings is 1. The maximum absolute atomic E-state index is 13.6. The molecule has 1 fully saturated rings. The fourth-order valence-corrected chi connectivity index (χ4v) is 3.83. The number of carbonyl (C=O) groups is 1. The van der Waals surface area contributed by atoms with Gasteiger partial charge in [0.2, 0.25) is 5.91 Å². The number of likely N-dealkylation sites (tertiary alicyclic amines) is 1. The molecule has 0 aliphatic carbocycles. The van der Waals surface area contributed by atoms with E-state index in [4.69, 9.17) is 16.3 Å². The van der Waals surface area contributed by atoms with Crippen molar-refractivity contribution in [2.24, 2.45) is 0 Å². The standard InChI is InChI=1S/C24H31ClFN3O3/c1-17(30)28-22-8-7-20(26)13-23(22)32-16-24(2,31)15-27-21-9-11-29(12-10-21)14-18-3-5-19(25)6-4-18/h3-8,13,21,27,31H,9-12,14-16H2,1-2H3,(H,28,30)/t24-/m0/s1. The summed E-state index contributed by atoms with van der Waals surface area (Å²) in [7, 11) is 0. The lowest BCUT2D eigenvalue weighted by atomic mass is 10.0. The van der Waals surface area contributed by atoms with Crippen molar-refractivity contribution in [3.63, 3.8) is 0 Å². The van der Waals surface area contributed by atoms with Crippen LogP contribution < -0.4 is 15.4 Å². The summed E-state index contributed by atoms with van der Waals surface area (Å²) in [5.74, 6) is -0.564. The average molecular weight is 464 g/mol. The van der Waals surface area contributed by atoms with E-state index in [2.05, 4.69) is 27.7 Å². The Hall–Kier alpha value is -2.19. The van der Waals surface area contributed by atoms with Crippen molar-refractivity contribution in [1.29, 1.82) is 0 Å². The minimum atomic E-state index is -1.15. The van der Waals surface area contributed by atoms with Crippen LogP contribution in [0.5, 0.6) is 5.75 Å². The predicted octanol–water partition coefficient (Wildman–Crippen LogP) is 3.82. The zero-order valence-corrected chi connectivity index (χ0v) is 19.3. The molecule has 174 valence electrons. The number of nitrogens with zero attached hydrogens (tertiary/aromatic N) is 1. The number of amides is 1. The van der Waals surface area contributed by atoms with Gasteiger partial charge in [0.25, 0.3) is 0 Å². The number of rotatable bonds is 9. The number of ether oxygens (including phenoxy) is 1. The lowest BCUT2D eigenvalue weighted by Gasteiger charge is -2.34. The highest BCUT2D eigenvalue weighted by molar-refractivity contribution is 6.30. The zero-order chi connectivity index (χ0) is 23.1. The molecule has 1 aliphatic rings. The average Bonchev–Trinajstić information content (AvgIpc) is 2.75. The Bertz CT molecular complexity index is 900. The van der Waals surface area contributed by atoms with Crippen LogP contribution in [-0.4, -0.2) is 53.8 Å². The number of hydrogen-bond acceptors (Lipinski definition) is 5. The van der Waals surface area contributed by atoms with Crippen molar-refractivity contribution < 1.29 is 19.0 Å². The van der Waals surface area contributed by atoms with Crippen molar-refractivity contribution >= 4 is 23.2 Å². The summed E-state index contributed by atoms with van der Waals surface area (Å²) in [5, 5.41) is 17.5. The number of aliphatic hydroxyl groups is 1. The van der Waals surface area contributed by atoms with E-state index < -0.39 is 11.4 Å². The van der Waals surface area contributed by atoms with E-state index in [1.165, 1.54) is 30.7 Å². The molecular weight excluding hydrogens is 433 g/mol. The lowest BCUT2D eigenvalue weighted by Crippen LogP contribution is -2.49. The predicted molar refractivity (Wildman–Crippen MR) is 125 cm³/mol. The molecule has 0 saturated carbocycles. The highest BCUT2D eigenvalue weighted by atomic mass is 35.5. The van der Waals surface area contributed by atoms with Crippen LogP contribution in [0.25, 0.3) is 0 Å². The Morgan fingerprint density at radius 1 is 1.25 bits per heavy atom. The van der Waals surface area contributed by atoms with Crippen LogP contribution in [0.1, 0.15) is 32.3 Å². The van der Waals surface area contributed by atoms with Gasteiger partial charge >= 0.3 is 0 Å². The van der Waals surface area contributed by atoms with Gasteiger partial charge in [0.15, 0.2) is 0 Å². The van der Waals surface area contributed by atoms with Crippen LogP contribution in [0.3, 0.4) is 0 Å². The molecule has 8 heteroatoms. The topological polar surface area (TPSA) is 73.8 Å². The van der Waals surface area contributed by atoms with Gasteiger partial charge in [0.1, 0.15) is 23.8 Å². The van der Waals surface area contributed by atoms with Crippen LogP contribution in [0.2, 0.25) is 5.02 Å². The maximum Gasteiger partial charge on any atom is 0.221 e. The van der Waals surface area contributed by atoms with Crippen LogP contribution in [-0.2, 0) is 11.3 Å². The van der Waals surface area contributed by atoms with E-state index in [0.717, 1.165) is 37.5 Å². The molecule has 1 amide bonds. The molecule has 3 rings (SSSR count). The number of nitrogens with one attached hydrogen (secondary N) is 2. The highest BCUT2D eigenvalue weighted by Gasteiger charge is 2.26. The zero-order valence-electron chi connectivity index (χ0n) is 18.5. The Labute approximate surface area is 193 Å². The van der Waals surface area contributed by atoms with E-state index in [1.807, 2.05) is 12.1 Å². The third kappa shape index (κ3) is 7.74. The van der Waals surface area contributed by atoms with Crippen LogP contribution >= 0.6 is 11.6 Å². The fourth-order valence-electron chi connectivity index (χ4n) is 3.70. The van der Waals surface area contributed by atoms with Gasteiger partial charge in [-0.25, -0.2) is 4.39 Å². The Morgan fingerprint density at radius 3 is 2.59 bits per heavy atom. The summed E-state index contributed by atoms with van der Waals surface area (Å²) in [6, 6.07) is 12.1. The second kappa shape index (κ2) is 11.1. The Morgan fingerprint density at radius 2 is 1.94 bits per heavy atom. The Kier molecular flexibility index (Phi) is 8.48. The largest absolute Gasteiger partial charge is 0.488 e. The molecule has 1 heterocycles. The van der Waals surface area contributed by atoms with Crippen LogP contribution in [0, 0.1) is 5.82 Å². The molecular formula is C24H31ClFN3O3. The molecule has 6 nitrogen and oxygen atoms in total. The number of hydrogen-bond donors (Lipinski definition) is 3. The van der Waals surface area contributed by atoms with Gasteiger partial charge < -0.3 is 20.5 Å². The molecule has 0 bridgehead atoms. The maximum atomic E-state index is 13.6. The molecule has 1 atom stereocenters. The first-order valence-corrected chi connectivity index (χ1v) is 11.2. The molecule has 32 heavy (non-hydrogen) atoms. The molecule has 2 aromatic carbocycles. The van der Waals surface area contributed by atoms with Crippen molar-refractivity contribution in [3.8, 4) is 5.75 Å². The second-order valence-corrected chi connectivity index (χ2v) is 9.10. The van der Waals surface area contributed by atoms with Gasteiger partial charge in [0, 0.05) is 37.1 Å². The molecule has 2 aromatic rings. The van der Waals surface area contributed by atoms with Crippen LogP contribution in [0.4, 0.5) is 10.1 Å². The van der Waals surface area contributed by atoms with E-state index in [9.17, 15) is 14.3 Å². The van der Waals surface area contributed by atoms with Gasteiger partial charge in [-0.3, -0.25) is 9.69 Å². The van der Waals surface area contributed by atoms with E-state index in [-0.39, 0.29) is 18.3 Å². The van der Waals surface area contributed by atoms with E-state index in [1.54, 1.807) is 6.92 Å². The first-order chi connectivity index (χ1) is 15.2. The van der Waals surface area contributed by atoms with Gasteiger partial charge in [-0.15, -0.1) is 0 Å². The molecule has 0 spiro atoms. The van der Waals surface area contributed by atoms with Crippen molar-refractivity contribution in [2.75, 3.05) is 31.6 Å². The van der Waals surface area contributed by atoms with Gasteiger partial charge in [0.05, 0.1) is 5.69 Å². The quantitative estimate of drug-likeness (QED) is 0.527. The minimum absolute atomic E-state index is 0.0363. The van der Waals surface area contributed by atoms with Crippen LogP contribution in [0.15, 0.2) is 42.5 Å². The number of anilines is 1. The number of halogens is 2. The van der Waals surface area contributed by atoms with E-state index >= 15 is 0 Å². The van der Waals surface area contributed by atoms with Gasteiger partial charge in [-0.1, -0.05) is 23.7 Å². The summed E-state index contributed by atoms with van der Waals surface area (Å²) in [5.41, 5.74) is 0.466. The Balaban J connectivity index is 1.43. The first-order valence-electron chi connectivity index (χ1n) is 10.8. The summed E-state index contributed by atoms with van der Waals surface area (Å²) in [6.45, 7) is 6.20. The molecule has 0 unspecified atom stereocenters. The summed E-state index contributed by atoms with van der Waals surface area (Å²) in [6.07, 6.45) is 1.97. The third-order valence-corrected chi connectivity index (χ3v) is 5.72.